The second kappa shape index (κ2) is 58.5. The fourth-order valence-electron chi connectivity index (χ4n) is 10.7. The average Bonchev–Trinajstić information content (AvgIpc) is 1.34. The molecule has 0 spiro atoms. The van der Waals surface area contributed by atoms with Gasteiger partial charge < -0.3 is 38.0 Å². The van der Waals surface area contributed by atoms with E-state index in [1.807, 2.05) is 0 Å². The summed E-state index contributed by atoms with van der Waals surface area (Å²) in [7, 11) is 0.212. The highest BCUT2D eigenvalue weighted by Crippen LogP contribution is 2.37. The average molecular weight is 1210 g/mol. The second-order valence-electron chi connectivity index (χ2n) is 24.7. The highest BCUT2D eigenvalue weighted by atomic mass is 28.4. The van der Waals surface area contributed by atoms with Crippen molar-refractivity contribution in [3.05, 3.63) is 85.0 Å². The van der Waals surface area contributed by atoms with Gasteiger partial charge in [-0.3, -0.25) is 9.59 Å². The minimum Gasteiger partial charge on any atom is -0.469 e. The summed E-state index contributed by atoms with van der Waals surface area (Å²) in [6, 6.07) is 21.8. The summed E-state index contributed by atoms with van der Waals surface area (Å²) in [5.74, 6) is -0.187. The number of unbranched alkanes of at least 4 members (excludes halogenated alkanes) is 30. The smallest absolute Gasteiger partial charge is 0.305 e. The predicted octanol–water partition coefficient (Wildman–Crippen LogP) is 18.7. The van der Waals surface area contributed by atoms with Crippen LogP contribution in [0.2, 0.25) is 5.04 Å². The van der Waals surface area contributed by atoms with Crippen LogP contribution in [0.4, 0.5) is 0 Å². The van der Waals surface area contributed by atoms with Gasteiger partial charge in [0.25, 0.3) is 8.32 Å². The van der Waals surface area contributed by atoms with Crippen molar-refractivity contribution in [3.8, 4) is 0 Å². The van der Waals surface area contributed by atoms with Gasteiger partial charge in [0.05, 0.1) is 46.8 Å². The van der Waals surface area contributed by atoms with Crippen LogP contribution in [0, 0.1) is 0 Å². The molecule has 0 bridgehead atoms. The van der Waals surface area contributed by atoms with Crippen molar-refractivity contribution in [1.29, 1.82) is 0 Å². The number of aliphatic hydroxyl groups is 1. The number of esters is 2. The molecule has 2 rings (SSSR count). The summed E-state index contributed by atoms with van der Waals surface area (Å²) in [5, 5.41) is 12.4. The van der Waals surface area contributed by atoms with Crippen LogP contribution in [-0.4, -0.2) is 105 Å². The van der Waals surface area contributed by atoms with E-state index in [1.165, 1.54) is 192 Å². The van der Waals surface area contributed by atoms with E-state index < -0.39 is 14.4 Å². The van der Waals surface area contributed by atoms with Crippen molar-refractivity contribution in [2.75, 3.05) is 67.1 Å². The topological polar surface area (TPSA) is 119 Å². The quantitative estimate of drug-likeness (QED) is 0.0297. The Morgan fingerprint density at radius 2 is 0.694 bits per heavy atom. The first-order chi connectivity index (χ1) is 41.5. The fourth-order valence-corrected chi connectivity index (χ4v) is 15.4. The molecule has 490 valence electrons. The zero-order valence-electron chi connectivity index (χ0n) is 55.9. The highest BCUT2D eigenvalue weighted by molar-refractivity contribution is 6.99. The summed E-state index contributed by atoms with van der Waals surface area (Å²) < 4.78 is 40.6. The van der Waals surface area contributed by atoms with Crippen LogP contribution in [0.5, 0.6) is 0 Å². The van der Waals surface area contributed by atoms with Crippen LogP contribution in [0.25, 0.3) is 0 Å². The number of benzene rings is 2. The first-order valence-corrected chi connectivity index (χ1v) is 36.7. The van der Waals surface area contributed by atoms with Crippen molar-refractivity contribution >= 4 is 30.6 Å². The molecule has 2 aromatic rings. The third-order valence-electron chi connectivity index (χ3n) is 15.9. The van der Waals surface area contributed by atoms with E-state index in [4.69, 9.17) is 28.1 Å². The molecule has 2 atom stereocenters. The van der Waals surface area contributed by atoms with Crippen LogP contribution in [0.15, 0.2) is 85.0 Å². The lowest BCUT2D eigenvalue weighted by Gasteiger charge is -2.45. The van der Waals surface area contributed by atoms with Crippen molar-refractivity contribution in [2.45, 2.75) is 296 Å². The van der Waals surface area contributed by atoms with Crippen molar-refractivity contribution in [2.24, 2.45) is 0 Å². The fraction of sp³-hybridized carbons (Fsp3) is 0.757. The second-order valence-corrected chi connectivity index (χ2v) is 29.0. The van der Waals surface area contributed by atoms with Gasteiger partial charge in [-0.1, -0.05) is 261 Å². The molecule has 0 aromatic heterocycles. The number of hydrogen-bond acceptors (Lipinski definition) is 10. The molecule has 11 heteroatoms. The van der Waals surface area contributed by atoms with Gasteiger partial charge >= 0.3 is 11.9 Å². The number of methoxy groups -OCH3 is 2. The Morgan fingerprint density at radius 3 is 1.00 bits per heavy atom. The van der Waals surface area contributed by atoms with Crippen molar-refractivity contribution < 1.29 is 47.5 Å². The molecule has 0 fully saturated rings. The molecule has 0 aliphatic heterocycles. The minimum absolute atomic E-state index is 0.0866. The van der Waals surface area contributed by atoms with Crippen LogP contribution < -0.4 is 10.4 Å². The minimum atomic E-state index is -2.70. The van der Waals surface area contributed by atoms with E-state index in [0.29, 0.717) is 39.3 Å². The SMILES string of the molecule is CCCCCCCCOCC(COCCCCCCCC/C=C\CCCCCCC(=O)OC)O[Si](c1ccccc1)(c1ccccc1)C(C)(C)C.CCCCCCCCOCC(O)COCCCCCCCC/C=C\CCCCCCC(=O)OC. The Balaban J connectivity index is 0.000000925. The number of carbonyl (C=O) groups excluding carboxylic acids is 2. The van der Waals surface area contributed by atoms with Crippen molar-refractivity contribution in [1.82, 2.24) is 0 Å². The summed E-state index contributed by atoms with van der Waals surface area (Å²) in [6.07, 6.45) is 53.3. The molecule has 2 aromatic carbocycles. The molecular weight excluding hydrogens is 1080 g/mol. The van der Waals surface area contributed by atoms with Gasteiger partial charge in [-0.25, -0.2) is 0 Å². The Bertz CT molecular complexity index is 1760. The number of carbonyl (C=O) groups is 2. The third-order valence-corrected chi connectivity index (χ3v) is 21.0. The van der Waals surface area contributed by atoms with E-state index in [0.717, 1.165) is 90.6 Å². The Morgan fingerprint density at radius 1 is 0.412 bits per heavy atom. The van der Waals surface area contributed by atoms with Crippen LogP contribution in [0.1, 0.15) is 279 Å². The lowest BCUT2D eigenvalue weighted by Crippen LogP contribution is -2.68. The molecule has 10 nitrogen and oxygen atoms in total. The van der Waals surface area contributed by atoms with E-state index in [9.17, 15) is 14.7 Å². The van der Waals surface area contributed by atoms with E-state index in [2.05, 4.69) is 124 Å². The molecule has 0 saturated carbocycles. The van der Waals surface area contributed by atoms with Crippen molar-refractivity contribution in [3.63, 3.8) is 0 Å². The van der Waals surface area contributed by atoms with Crippen LogP contribution >= 0.6 is 0 Å². The molecular formula is C74H130O10Si. The Hall–Kier alpha value is -3.16. The van der Waals surface area contributed by atoms with Crippen LogP contribution in [-0.2, 0) is 42.4 Å². The lowest BCUT2D eigenvalue weighted by molar-refractivity contribution is -0.141. The molecule has 1 N–H and O–H groups in total. The zero-order chi connectivity index (χ0) is 61.8. The van der Waals surface area contributed by atoms with Gasteiger partial charge in [0.1, 0.15) is 6.10 Å². The number of ether oxygens (including phenoxy) is 6. The highest BCUT2D eigenvalue weighted by Gasteiger charge is 2.51. The van der Waals surface area contributed by atoms with Crippen LogP contribution in [0.3, 0.4) is 0 Å². The predicted molar refractivity (Wildman–Crippen MR) is 361 cm³/mol. The summed E-state index contributed by atoms with van der Waals surface area (Å²) in [4.78, 5) is 22.2. The molecule has 2 unspecified atom stereocenters. The van der Waals surface area contributed by atoms with Gasteiger partial charge in [0.15, 0.2) is 0 Å². The van der Waals surface area contributed by atoms with Gasteiger partial charge in [-0.05, 0) is 105 Å². The maximum Gasteiger partial charge on any atom is 0.305 e. The normalized spacial score (nSPS) is 12.7. The molecule has 0 radical (unpaired) electrons. The van der Waals surface area contributed by atoms with Gasteiger partial charge in [0.2, 0.25) is 0 Å². The van der Waals surface area contributed by atoms with Gasteiger partial charge in [0, 0.05) is 39.3 Å². The molecule has 0 saturated heterocycles. The first kappa shape index (κ1) is 79.8. The summed E-state index contributed by atoms with van der Waals surface area (Å²) in [6.45, 7) is 16.4. The molecule has 0 aliphatic carbocycles. The Labute approximate surface area is 523 Å². The summed E-state index contributed by atoms with van der Waals surface area (Å²) in [5.41, 5.74) is 0. The zero-order valence-corrected chi connectivity index (χ0v) is 56.9. The molecule has 85 heavy (non-hydrogen) atoms. The van der Waals surface area contributed by atoms with E-state index >= 15 is 0 Å². The maximum atomic E-state index is 11.2. The van der Waals surface area contributed by atoms with Gasteiger partial charge in [-0.2, -0.15) is 0 Å². The Kier molecular flexibility index (Phi) is 55.0. The van der Waals surface area contributed by atoms with Gasteiger partial charge in [-0.15, -0.1) is 0 Å². The lowest BCUT2D eigenvalue weighted by atomic mass is 10.1. The van der Waals surface area contributed by atoms with E-state index in [-0.39, 0.29) is 23.1 Å². The number of aliphatic hydroxyl groups excluding tert-OH is 1. The molecule has 0 amide bonds. The number of rotatable bonds is 58. The maximum absolute atomic E-state index is 11.2. The van der Waals surface area contributed by atoms with E-state index in [1.54, 1.807) is 0 Å². The number of hydrogen-bond donors (Lipinski definition) is 1. The monoisotopic (exact) mass is 1210 g/mol. The third kappa shape index (κ3) is 45.7. The molecule has 0 heterocycles. The summed E-state index contributed by atoms with van der Waals surface area (Å²) >= 11 is 0. The first-order valence-electron chi connectivity index (χ1n) is 34.8. The number of allylic oxidation sites excluding steroid dienone is 4. The standard InChI is InChI=1S/C45H74O5Si.C29H56O5/c1-6-7-8-9-21-30-37-48-39-41(50-51(45(2,3)4,42-32-25-23-26-33-42)43-34-27-24-28-35-43)40-49-38-31-22-19-17-15-13-11-10-12-14-16-18-20-29-36-44(46)47-5;1-3-4-5-6-18-21-24-33-26-28(30)27-34-25-22-19-16-14-12-10-8-7-9-11-13-15-17-20-23-29(31)32-2/h10,12,23-28,32-35,41H,6-9,11,13-22,29-31,36-40H2,1-5H3;7,9,28,30H,3-6,8,10-27H2,1-2H3/b12-10-;9-7-. The largest absolute Gasteiger partial charge is 0.469 e. The molecule has 0 aliphatic rings.